The number of carbonyl (C=O) groups is 2. The Balaban J connectivity index is 1.44. The molecule has 25 heavy (non-hydrogen) atoms. The van der Waals surface area contributed by atoms with E-state index in [2.05, 4.69) is 10.2 Å². The molecular weight excluding hydrogens is 348 g/mol. The van der Waals surface area contributed by atoms with Crippen LogP contribution >= 0.6 is 11.8 Å². The molecule has 0 atom stereocenters. The van der Waals surface area contributed by atoms with E-state index < -0.39 is 17.6 Å². The molecule has 1 aliphatic heterocycles. The maximum absolute atomic E-state index is 12.3. The molecule has 1 saturated carbocycles. The number of piperazine rings is 1. The van der Waals surface area contributed by atoms with Gasteiger partial charge >= 0.3 is 11.8 Å². The van der Waals surface area contributed by atoms with Crippen molar-refractivity contribution in [3.05, 3.63) is 29.8 Å². The molecular formula is C17H21F2N3O2S. The van der Waals surface area contributed by atoms with Crippen molar-refractivity contribution in [3.63, 3.8) is 0 Å². The minimum absolute atomic E-state index is 0.184. The smallest absolute Gasteiger partial charge is 0.311 e. The van der Waals surface area contributed by atoms with E-state index in [0.29, 0.717) is 49.4 Å². The van der Waals surface area contributed by atoms with Crippen molar-refractivity contribution in [2.75, 3.05) is 26.2 Å². The highest BCUT2D eigenvalue weighted by molar-refractivity contribution is 7.99. The molecule has 1 aliphatic carbocycles. The second kappa shape index (κ2) is 8.14. The summed E-state index contributed by atoms with van der Waals surface area (Å²) in [4.78, 5) is 28.2. The summed E-state index contributed by atoms with van der Waals surface area (Å²) in [6.07, 6.45) is 1.92. The summed E-state index contributed by atoms with van der Waals surface area (Å²) < 4.78 is 24.6. The lowest BCUT2D eigenvalue weighted by Gasteiger charge is -2.34. The van der Waals surface area contributed by atoms with Crippen molar-refractivity contribution in [1.29, 1.82) is 0 Å². The monoisotopic (exact) mass is 369 g/mol. The fourth-order valence-electron chi connectivity index (χ4n) is 2.76. The summed E-state index contributed by atoms with van der Waals surface area (Å²) in [6.45, 7) is 3.13. The van der Waals surface area contributed by atoms with Crippen molar-refractivity contribution in [3.8, 4) is 0 Å². The zero-order valence-electron chi connectivity index (χ0n) is 13.8. The van der Waals surface area contributed by atoms with Crippen LogP contribution in [0.5, 0.6) is 0 Å². The molecule has 136 valence electrons. The van der Waals surface area contributed by atoms with Gasteiger partial charge in [0.25, 0.3) is 5.76 Å². The zero-order chi connectivity index (χ0) is 17.8. The Morgan fingerprint density at radius 2 is 1.76 bits per heavy atom. The number of hydrogen-bond donors (Lipinski definition) is 1. The maximum atomic E-state index is 12.3. The van der Waals surface area contributed by atoms with Gasteiger partial charge in [-0.2, -0.15) is 8.78 Å². The third kappa shape index (κ3) is 5.40. The van der Waals surface area contributed by atoms with Crippen molar-refractivity contribution in [1.82, 2.24) is 15.1 Å². The SMILES string of the molecule is O=C(NC1CC1)C(=O)N1CCN(Cc2ccc(SC(F)F)cc2)CC1. The quantitative estimate of drug-likeness (QED) is 0.637. The third-order valence-electron chi connectivity index (χ3n) is 4.32. The summed E-state index contributed by atoms with van der Waals surface area (Å²) in [6, 6.07) is 7.29. The maximum Gasteiger partial charge on any atom is 0.311 e. The van der Waals surface area contributed by atoms with E-state index >= 15 is 0 Å². The standard InChI is InChI=1S/C17H21F2N3O2S/c18-17(19)25-14-5-1-12(2-6-14)11-21-7-9-22(10-8-21)16(24)15(23)20-13-3-4-13/h1-2,5-6,13,17H,3-4,7-11H2,(H,20,23). The molecule has 3 rings (SSSR count). The molecule has 0 aromatic heterocycles. The van der Waals surface area contributed by atoms with Crippen molar-refractivity contribution < 1.29 is 18.4 Å². The number of halogens is 2. The minimum atomic E-state index is -2.41. The Morgan fingerprint density at radius 1 is 1.12 bits per heavy atom. The van der Waals surface area contributed by atoms with Crippen LogP contribution in [0.25, 0.3) is 0 Å². The van der Waals surface area contributed by atoms with Crippen molar-refractivity contribution >= 4 is 23.6 Å². The number of rotatable bonds is 5. The first-order valence-corrected chi connectivity index (χ1v) is 9.25. The topological polar surface area (TPSA) is 52.7 Å². The summed E-state index contributed by atoms with van der Waals surface area (Å²) in [7, 11) is 0. The molecule has 2 aliphatic rings. The van der Waals surface area contributed by atoms with Crippen LogP contribution in [0.15, 0.2) is 29.2 Å². The first kappa shape index (κ1) is 18.1. The summed E-state index contributed by atoms with van der Waals surface area (Å²) >= 11 is 0.539. The lowest BCUT2D eigenvalue weighted by Crippen LogP contribution is -2.52. The first-order chi connectivity index (χ1) is 12.0. The highest BCUT2D eigenvalue weighted by atomic mass is 32.2. The van der Waals surface area contributed by atoms with Crippen LogP contribution in [-0.2, 0) is 16.1 Å². The van der Waals surface area contributed by atoms with Gasteiger partial charge in [0.1, 0.15) is 0 Å². The van der Waals surface area contributed by atoms with Crippen molar-refractivity contribution in [2.45, 2.75) is 36.1 Å². The number of alkyl halides is 2. The van der Waals surface area contributed by atoms with Gasteiger partial charge in [0.15, 0.2) is 0 Å². The normalized spacial score (nSPS) is 18.4. The predicted octanol–water partition coefficient (Wildman–Crippen LogP) is 1.92. The van der Waals surface area contributed by atoms with E-state index in [-0.39, 0.29) is 6.04 Å². The Bertz CT molecular complexity index is 615. The van der Waals surface area contributed by atoms with Gasteiger partial charge in [0.05, 0.1) is 0 Å². The largest absolute Gasteiger partial charge is 0.345 e. The van der Waals surface area contributed by atoms with Crippen molar-refractivity contribution in [2.24, 2.45) is 0 Å². The molecule has 0 bridgehead atoms. The Labute approximate surface area is 149 Å². The van der Waals surface area contributed by atoms with Gasteiger partial charge in [-0.1, -0.05) is 23.9 Å². The van der Waals surface area contributed by atoms with Crippen LogP contribution in [0.1, 0.15) is 18.4 Å². The third-order valence-corrected chi connectivity index (χ3v) is 5.04. The van der Waals surface area contributed by atoms with E-state index in [1.165, 1.54) is 0 Å². The molecule has 2 amide bonds. The molecule has 0 spiro atoms. The zero-order valence-corrected chi connectivity index (χ0v) is 14.6. The number of carbonyl (C=O) groups excluding carboxylic acids is 2. The molecule has 0 unspecified atom stereocenters. The molecule has 1 heterocycles. The first-order valence-electron chi connectivity index (χ1n) is 8.37. The van der Waals surface area contributed by atoms with Gasteiger partial charge in [-0.05, 0) is 30.5 Å². The molecule has 8 heteroatoms. The van der Waals surface area contributed by atoms with Gasteiger partial charge < -0.3 is 10.2 Å². The van der Waals surface area contributed by atoms with Gasteiger partial charge in [-0.3, -0.25) is 14.5 Å². The molecule has 0 radical (unpaired) electrons. The van der Waals surface area contributed by atoms with Crippen LogP contribution in [0, 0.1) is 0 Å². The number of hydrogen-bond acceptors (Lipinski definition) is 4. The van der Waals surface area contributed by atoms with Gasteiger partial charge in [-0.15, -0.1) is 0 Å². The van der Waals surface area contributed by atoms with Crippen LogP contribution in [0.3, 0.4) is 0 Å². The average Bonchev–Trinajstić information content (AvgIpc) is 3.40. The molecule has 5 nitrogen and oxygen atoms in total. The second-order valence-electron chi connectivity index (χ2n) is 6.34. The van der Waals surface area contributed by atoms with Crippen LogP contribution in [-0.4, -0.2) is 59.6 Å². The van der Waals surface area contributed by atoms with Crippen LogP contribution in [0.4, 0.5) is 8.78 Å². The highest BCUT2D eigenvalue weighted by Crippen LogP contribution is 2.25. The lowest BCUT2D eigenvalue weighted by molar-refractivity contribution is -0.147. The van der Waals surface area contributed by atoms with Crippen LogP contribution < -0.4 is 5.32 Å². The highest BCUT2D eigenvalue weighted by Gasteiger charge is 2.30. The van der Waals surface area contributed by atoms with E-state index in [1.807, 2.05) is 12.1 Å². The number of nitrogens with zero attached hydrogens (tertiary/aromatic N) is 2. The minimum Gasteiger partial charge on any atom is -0.345 e. The van der Waals surface area contributed by atoms with Crippen LogP contribution in [0.2, 0.25) is 0 Å². The summed E-state index contributed by atoms with van der Waals surface area (Å²) in [5.41, 5.74) is 1.05. The Kier molecular flexibility index (Phi) is 5.90. The Morgan fingerprint density at radius 3 is 2.32 bits per heavy atom. The predicted molar refractivity (Wildman–Crippen MR) is 91.3 cm³/mol. The second-order valence-corrected chi connectivity index (χ2v) is 7.40. The number of amides is 2. The summed E-state index contributed by atoms with van der Waals surface area (Å²) in [5.74, 6) is -3.35. The number of benzene rings is 1. The fourth-order valence-corrected chi connectivity index (χ4v) is 3.26. The Hall–Kier alpha value is -1.67. The van der Waals surface area contributed by atoms with E-state index in [9.17, 15) is 18.4 Å². The molecule has 2 fully saturated rings. The van der Waals surface area contributed by atoms with E-state index in [1.54, 1.807) is 17.0 Å². The van der Waals surface area contributed by atoms with E-state index in [0.717, 1.165) is 18.4 Å². The molecule has 1 aromatic carbocycles. The lowest BCUT2D eigenvalue weighted by atomic mass is 10.2. The number of thioether (sulfide) groups is 1. The van der Waals surface area contributed by atoms with Gasteiger partial charge in [-0.25, -0.2) is 0 Å². The van der Waals surface area contributed by atoms with Gasteiger partial charge in [0.2, 0.25) is 0 Å². The average molecular weight is 369 g/mol. The summed E-state index contributed by atoms with van der Waals surface area (Å²) in [5, 5.41) is 2.72. The fraction of sp³-hybridized carbons (Fsp3) is 0.529. The van der Waals surface area contributed by atoms with E-state index in [4.69, 9.17) is 0 Å². The van der Waals surface area contributed by atoms with Gasteiger partial charge in [0, 0.05) is 43.7 Å². The molecule has 1 N–H and O–H groups in total. The molecule has 1 saturated heterocycles. The molecule has 1 aromatic rings. The number of nitrogens with one attached hydrogen (secondary N) is 1.